The van der Waals surface area contributed by atoms with E-state index in [1.165, 1.54) is 51.4 Å². The Morgan fingerprint density at radius 2 is 1.87 bits per heavy atom. The number of rotatable bonds is 6. The van der Waals surface area contributed by atoms with Crippen LogP contribution in [0.2, 0.25) is 0 Å². The minimum Gasteiger partial charge on any atom is -0.450 e. The molecule has 8 atom stereocenters. The molecule has 0 spiro atoms. The number of carbonyl (C=O) groups excluding carboxylic acids is 1. The van der Waals surface area contributed by atoms with Crippen molar-refractivity contribution in [2.45, 2.75) is 111 Å². The van der Waals surface area contributed by atoms with Gasteiger partial charge in [-0.25, -0.2) is 4.79 Å². The lowest BCUT2D eigenvalue weighted by Gasteiger charge is -2.58. The molecular formula is C28H45ClO2. The van der Waals surface area contributed by atoms with E-state index >= 15 is 0 Å². The molecule has 0 radical (unpaired) electrons. The maximum Gasteiger partial charge on any atom is 0.404 e. The number of hydrogen-bond acceptors (Lipinski definition) is 2. The van der Waals surface area contributed by atoms with E-state index in [1.807, 2.05) is 0 Å². The molecule has 31 heavy (non-hydrogen) atoms. The van der Waals surface area contributed by atoms with Gasteiger partial charge in [-0.15, -0.1) is 0 Å². The first-order chi connectivity index (χ1) is 14.6. The second-order valence-corrected chi connectivity index (χ2v) is 12.8. The van der Waals surface area contributed by atoms with Gasteiger partial charge in [-0.3, -0.25) is 0 Å². The van der Waals surface area contributed by atoms with E-state index in [9.17, 15) is 4.79 Å². The molecule has 0 N–H and O–H groups in total. The van der Waals surface area contributed by atoms with Crippen molar-refractivity contribution in [2.24, 2.45) is 46.3 Å². The van der Waals surface area contributed by atoms with Gasteiger partial charge in [-0.2, -0.15) is 0 Å². The topological polar surface area (TPSA) is 26.3 Å². The van der Waals surface area contributed by atoms with E-state index in [4.69, 9.17) is 16.3 Å². The van der Waals surface area contributed by atoms with Crippen LogP contribution in [-0.4, -0.2) is 11.5 Å². The van der Waals surface area contributed by atoms with Crippen molar-refractivity contribution in [3.63, 3.8) is 0 Å². The van der Waals surface area contributed by atoms with Gasteiger partial charge < -0.3 is 4.74 Å². The highest BCUT2D eigenvalue weighted by atomic mass is 35.5. The van der Waals surface area contributed by atoms with Gasteiger partial charge in [0.1, 0.15) is 6.10 Å². The Balaban J connectivity index is 1.47. The minimum atomic E-state index is -0.643. The van der Waals surface area contributed by atoms with Crippen LogP contribution in [0.1, 0.15) is 105 Å². The Kier molecular flexibility index (Phi) is 6.89. The van der Waals surface area contributed by atoms with Gasteiger partial charge in [0, 0.05) is 18.0 Å². The van der Waals surface area contributed by atoms with E-state index in [0.29, 0.717) is 10.8 Å². The summed E-state index contributed by atoms with van der Waals surface area (Å²) in [6, 6.07) is 0. The highest BCUT2D eigenvalue weighted by Gasteiger charge is 2.59. The zero-order valence-corrected chi connectivity index (χ0v) is 21.3. The fourth-order valence-electron chi connectivity index (χ4n) is 8.88. The van der Waals surface area contributed by atoms with Crippen LogP contribution in [0.5, 0.6) is 0 Å². The lowest BCUT2D eigenvalue weighted by molar-refractivity contribution is -0.0573. The molecular weight excluding hydrogens is 404 g/mol. The number of carbonyl (C=O) groups is 1. The molecule has 3 saturated carbocycles. The molecule has 4 rings (SSSR count). The molecule has 0 unspecified atom stereocenters. The van der Waals surface area contributed by atoms with E-state index in [-0.39, 0.29) is 6.10 Å². The Morgan fingerprint density at radius 3 is 2.58 bits per heavy atom. The summed E-state index contributed by atoms with van der Waals surface area (Å²) in [7, 11) is 0. The fraction of sp³-hybridized carbons (Fsp3) is 0.893. The highest BCUT2D eigenvalue weighted by Crippen LogP contribution is 2.67. The quantitative estimate of drug-likeness (QED) is 0.299. The molecule has 0 heterocycles. The lowest BCUT2D eigenvalue weighted by Crippen LogP contribution is -2.51. The van der Waals surface area contributed by atoms with Crippen molar-refractivity contribution >= 4 is 17.0 Å². The van der Waals surface area contributed by atoms with E-state index in [0.717, 1.165) is 54.8 Å². The van der Waals surface area contributed by atoms with Crippen molar-refractivity contribution < 1.29 is 9.53 Å². The number of hydrogen-bond donors (Lipinski definition) is 0. The third-order valence-corrected chi connectivity index (χ3v) is 10.6. The predicted octanol–water partition coefficient (Wildman–Crippen LogP) is 8.77. The first-order valence-corrected chi connectivity index (χ1v) is 13.6. The SMILES string of the molecule is CC(C)CCC[C@@H](C)[C@H]1CC[C@@H]2[C@@H]3CC=C4C[C@@H](OC(=O)Cl)CC[C@]4(C)[C@H]3CC[C@@]21C. The average molecular weight is 449 g/mol. The maximum absolute atomic E-state index is 11.2. The molecule has 0 aromatic heterocycles. The summed E-state index contributed by atoms with van der Waals surface area (Å²) in [4.78, 5) is 11.2. The van der Waals surface area contributed by atoms with Crippen molar-refractivity contribution in [1.29, 1.82) is 0 Å². The van der Waals surface area contributed by atoms with Crippen molar-refractivity contribution in [3.8, 4) is 0 Å². The Labute approximate surface area is 195 Å². The molecule has 176 valence electrons. The zero-order chi connectivity index (χ0) is 22.4. The van der Waals surface area contributed by atoms with Crippen LogP contribution in [0.15, 0.2) is 11.6 Å². The highest BCUT2D eigenvalue weighted by molar-refractivity contribution is 6.61. The molecule has 0 amide bonds. The minimum absolute atomic E-state index is 0.0164. The molecule has 4 aliphatic carbocycles. The van der Waals surface area contributed by atoms with Gasteiger partial charge in [0.05, 0.1) is 0 Å². The summed E-state index contributed by atoms with van der Waals surface area (Å²) >= 11 is 5.51. The van der Waals surface area contributed by atoms with Crippen LogP contribution in [0.3, 0.4) is 0 Å². The molecule has 0 aliphatic heterocycles. The standard InChI is InChI=1S/C28H45ClO2/c1-18(2)7-6-8-19(3)23-11-12-24-22-10-9-20-17-21(31-26(29)30)13-15-27(20,4)25(22)14-16-28(23,24)5/h9,18-19,21-25H,6-8,10-17H2,1-5H3/t19-,21+,22+,23-,24-,25+,27+,28-/m1/s1. The third kappa shape index (κ3) is 4.36. The Morgan fingerprint density at radius 1 is 1.10 bits per heavy atom. The summed E-state index contributed by atoms with van der Waals surface area (Å²) < 4.78 is 5.38. The first kappa shape index (κ1) is 23.7. The zero-order valence-electron chi connectivity index (χ0n) is 20.6. The van der Waals surface area contributed by atoms with Gasteiger partial charge in [-0.05, 0) is 91.3 Å². The molecule has 4 aliphatic rings. The van der Waals surface area contributed by atoms with Gasteiger partial charge in [0.2, 0.25) is 0 Å². The summed E-state index contributed by atoms with van der Waals surface area (Å²) in [6.07, 6.45) is 16.7. The van der Waals surface area contributed by atoms with Crippen LogP contribution in [-0.2, 0) is 4.74 Å². The first-order valence-electron chi connectivity index (χ1n) is 13.2. The van der Waals surface area contributed by atoms with Gasteiger partial charge in [-0.1, -0.05) is 65.5 Å². The monoisotopic (exact) mass is 448 g/mol. The van der Waals surface area contributed by atoms with Crippen molar-refractivity contribution in [1.82, 2.24) is 0 Å². The number of halogens is 1. The molecule has 0 aromatic carbocycles. The Bertz CT molecular complexity index is 699. The Hall–Kier alpha value is -0.500. The van der Waals surface area contributed by atoms with Crippen LogP contribution < -0.4 is 0 Å². The molecule has 0 aromatic rings. The molecule has 0 saturated heterocycles. The van der Waals surface area contributed by atoms with Gasteiger partial charge >= 0.3 is 5.43 Å². The normalized spacial score (nSPS) is 42.9. The summed E-state index contributed by atoms with van der Waals surface area (Å²) in [5, 5.41) is 0. The molecule has 0 bridgehead atoms. The summed E-state index contributed by atoms with van der Waals surface area (Å²) in [5.41, 5.74) is 1.77. The second kappa shape index (κ2) is 9.03. The summed E-state index contributed by atoms with van der Waals surface area (Å²) in [6.45, 7) is 12.5. The fourth-order valence-corrected chi connectivity index (χ4v) is 9.01. The summed E-state index contributed by atoms with van der Waals surface area (Å²) in [5.74, 6) is 5.19. The predicted molar refractivity (Wildman–Crippen MR) is 129 cm³/mol. The van der Waals surface area contributed by atoms with Crippen LogP contribution in [0.25, 0.3) is 0 Å². The van der Waals surface area contributed by atoms with Gasteiger partial charge in [0.15, 0.2) is 0 Å². The van der Waals surface area contributed by atoms with Crippen LogP contribution in [0, 0.1) is 46.3 Å². The second-order valence-electron chi connectivity index (χ2n) is 12.5. The smallest absolute Gasteiger partial charge is 0.404 e. The van der Waals surface area contributed by atoms with Crippen LogP contribution >= 0.6 is 11.6 Å². The largest absolute Gasteiger partial charge is 0.450 e. The molecule has 3 heteroatoms. The van der Waals surface area contributed by atoms with Crippen molar-refractivity contribution in [2.75, 3.05) is 0 Å². The van der Waals surface area contributed by atoms with E-state index < -0.39 is 5.43 Å². The lowest BCUT2D eigenvalue weighted by atomic mass is 9.47. The van der Waals surface area contributed by atoms with Crippen LogP contribution in [0.4, 0.5) is 4.79 Å². The van der Waals surface area contributed by atoms with E-state index in [1.54, 1.807) is 5.57 Å². The van der Waals surface area contributed by atoms with Crippen molar-refractivity contribution in [3.05, 3.63) is 11.6 Å². The molecule has 3 fully saturated rings. The van der Waals surface area contributed by atoms with Gasteiger partial charge in [0.25, 0.3) is 0 Å². The average Bonchev–Trinajstić information content (AvgIpc) is 3.05. The third-order valence-electron chi connectivity index (χ3n) is 10.5. The number of ether oxygens (including phenoxy) is 1. The number of allylic oxidation sites excluding steroid dienone is 1. The number of fused-ring (bicyclic) bond motifs is 5. The maximum atomic E-state index is 11.2. The molecule has 2 nitrogen and oxygen atoms in total. The van der Waals surface area contributed by atoms with E-state index in [2.05, 4.69) is 40.7 Å².